The predicted octanol–water partition coefficient (Wildman–Crippen LogP) is 2.56. The lowest BCUT2D eigenvalue weighted by atomic mass is 10.1. The molecule has 0 spiro atoms. The third-order valence-corrected chi connectivity index (χ3v) is 4.48. The van der Waals surface area contributed by atoms with Crippen molar-refractivity contribution in [1.82, 2.24) is 9.78 Å². The zero-order chi connectivity index (χ0) is 19.7. The molecule has 1 aromatic carbocycles. The molecule has 1 atom stereocenters. The Labute approximate surface area is 156 Å². The van der Waals surface area contributed by atoms with Crippen molar-refractivity contribution in [2.75, 3.05) is 6.61 Å². The lowest BCUT2D eigenvalue weighted by Crippen LogP contribution is -2.25. The molecule has 7 nitrogen and oxygen atoms in total. The molecule has 0 fully saturated rings. The van der Waals surface area contributed by atoms with E-state index in [9.17, 15) is 14.7 Å². The topological polar surface area (TPSA) is 94.6 Å². The van der Waals surface area contributed by atoms with Gasteiger partial charge in [-0.25, -0.2) is 4.79 Å². The minimum absolute atomic E-state index is 0.0370. The number of fused-ring (bicyclic) bond motifs is 1. The van der Waals surface area contributed by atoms with Crippen LogP contribution in [0.4, 0.5) is 0 Å². The molecular formula is C20H22N2O5. The quantitative estimate of drug-likeness (QED) is 0.529. The molecule has 1 unspecified atom stereocenters. The summed E-state index contributed by atoms with van der Waals surface area (Å²) < 4.78 is 12.4. The Balaban J connectivity index is 1.70. The highest BCUT2D eigenvalue weighted by Gasteiger charge is 2.17. The molecule has 3 rings (SSSR count). The molecule has 3 aromatic rings. The van der Waals surface area contributed by atoms with Crippen molar-refractivity contribution in [2.45, 2.75) is 40.3 Å². The number of nitrogens with zero attached hydrogens (tertiary/aromatic N) is 2. The Morgan fingerprint density at radius 1 is 1.30 bits per heavy atom. The van der Waals surface area contributed by atoms with Gasteiger partial charge in [0.05, 0.1) is 17.8 Å². The number of aliphatic hydroxyl groups excluding tert-OH is 1. The second-order valence-corrected chi connectivity index (χ2v) is 6.66. The molecule has 0 saturated carbocycles. The second kappa shape index (κ2) is 7.36. The first-order chi connectivity index (χ1) is 12.8. The molecule has 0 aliphatic carbocycles. The summed E-state index contributed by atoms with van der Waals surface area (Å²) in [7, 11) is 0. The van der Waals surface area contributed by atoms with E-state index in [4.69, 9.17) is 9.15 Å². The summed E-state index contributed by atoms with van der Waals surface area (Å²) in [5, 5.41) is 15.4. The van der Waals surface area contributed by atoms with Gasteiger partial charge in [-0.2, -0.15) is 5.10 Å². The Hall–Kier alpha value is -2.93. The number of aryl methyl sites for hydroxylation is 2. The third-order valence-electron chi connectivity index (χ3n) is 4.48. The number of aromatic nitrogens is 2. The molecule has 142 valence electrons. The van der Waals surface area contributed by atoms with E-state index in [1.165, 1.54) is 13.0 Å². The van der Waals surface area contributed by atoms with Gasteiger partial charge in [0.1, 0.15) is 24.0 Å². The fourth-order valence-corrected chi connectivity index (χ4v) is 3.22. The van der Waals surface area contributed by atoms with Crippen LogP contribution >= 0.6 is 0 Å². The fraction of sp³-hybridized carbons (Fsp3) is 0.350. The average molecular weight is 370 g/mol. The molecule has 0 radical (unpaired) electrons. The highest BCUT2D eigenvalue weighted by molar-refractivity contribution is 5.96. The van der Waals surface area contributed by atoms with E-state index in [1.807, 2.05) is 13.0 Å². The maximum absolute atomic E-state index is 11.7. The van der Waals surface area contributed by atoms with Gasteiger partial charge in [-0.1, -0.05) is 0 Å². The van der Waals surface area contributed by atoms with Crippen LogP contribution in [0.25, 0.3) is 11.0 Å². The molecule has 2 aromatic heterocycles. The van der Waals surface area contributed by atoms with Crippen molar-refractivity contribution < 1.29 is 19.1 Å². The monoisotopic (exact) mass is 370 g/mol. The number of Topliss-reactive ketones (excluding diaryl/α,β-unsaturated/α-hetero) is 1. The molecule has 0 aliphatic rings. The van der Waals surface area contributed by atoms with Crippen molar-refractivity contribution in [3.63, 3.8) is 0 Å². The minimum Gasteiger partial charge on any atom is -0.491 e. The van der Waals surface area contributed by atoms with Gasteiger partial charge in [0.15, 0.2) is 5.78 Å². The van der Waals surface area contributed by atoms with Gasteiger partial charge in [0.25, 0.3) is 0 Å². The maximum atomic E-state index is 11.7. The van der Waals surface area contributed by atoms with Crippen molar-refractivity contribution >= 4 is 16.8 Å². The molecular weight excluding hydrogens is 348 g/mol. The summed E-state index contributed by atoms with van der Waals surface area (Å²) in [6, 6.07) is 6.65. The lowest BCUT2D eigenvalue weighted by Gasteiger charge is -2.14. The van der Waals surface area contributed by atoms with Crippen molar-refractivity contribution in [1.29, 1.82) is 0 Å². The molecule has 0 saturated heterocycles. The Morgan fingerprint density at radius 2 is 2.04 bits per heavy atom. The highest BCUT2D eigenvalue weighted by Crippen LogP contribution is 2.22. The van der Waals surface area contributed by atoms with Crippen LogP contribution in [0.2, 0.25) is 0 Å². The van der Waals surface area contributed by atoms with Crippen LogP contribution in [-0.2, 0) is 6.54 Å². The van der Waals surface area contributed by atoms with Gasteiger partial charge in [-0.05, 0) is 45.4 Å². The van der Waals surface area contributed by atoms with Gasteiger partial charge in [-0.3, -0.25) is 9.48 Å². The van der Waals surface area contributed by atoms with E-state index >= 15 is 0 Å². The Kier molecular flexibility index (Phi) is 5.14. The summed E-state index contributed by atoms with van der Waals surface area (Å²) in [5.74, 6) is 0.447. The lowest BCUT2D eigenvalue weighted by molar-refractivity contribution is 0.0885. The number of ether oxygens (including phenoxy) is 1. The SMILES string of the molecule is CC(=O)c1c(C)nn(CC(O)COc2ccc3c(C)cc(=O)oc3c2)c1C. The first kappa shape index (κ1) is 18.8. The summed E-state index contributed by atoms with van der Waals surface area (Å²) in [5.41, 5.74) is 2.82. The molecule has 0 amide bonds. The van der Waals surface area contributed by atoms with Crippen LogP contribution < -0.4 is 10.4 Å². The van der Waals surface area contributed by atoms with E-state index in [2.05, 4.69) is 5.10 Å². The fourth-order valence-electron chi connectivity index (χ4n) is 3.22. The first-order valence-electron chi connectivity index (χ1n) is 8.66. The standard InChI is InChI=1S/C20H22N2O5/c1-11-7-19(25)27-18-8-16(5-6-17(11)18)26-10-15(24)9-22-13(3)20(14(4)23)12(2)21-22/h5-8,15,24H,9-10H2,1-4H3. The smallest absolute Gasteiger partial charge is 0.336 e. The van der Waals surface area contributed by atoms with Gasteiger partial charge < -0.3 is 14.3 Å². The highest BCUT2D eigenvalue weighted by atomic mass is 16.5. The van der Waals surface area contributed by atoms with E-state index in [1.54, 1.807) is 30.7 Å². The molecule has 2 heterocycles. The number of rotatable bonds is 6. The zero-order valence-corrected chi connectivity index (χ0v) is 15.8. The van der Waals surface area contributed by atoms with Gasteiger partial charge in [0, 0.05) is 23.2 Å². The van der Waals surface area contributed by atoms with E-state index < -0.39 is 11.7 Å². The molecule has 0 bridgehead atoms. The predicted molar refractivity (Wildman–Crippen MR) is 100 cm³/mol. The summed E-state index contributed by atoms with van der Waals surface area (Å²) in [6.45, 7) is 7.16. The number of benzene rings is 1. The number of carbonyl (C=O) groups excluding carboxylic acids is 1. The third kappa shape index (κ3) is 3.93. The molecule has 7 heteroatoms. The van der Waals surface area contributed by atoms with Crippen molar-refractivity contribution in [2.24, 2.45) is 0 Å². The minimum atomic E-state index is -0.817. The average Bonchev–Trinajstić information content (AvgIpc) is 2.86. The number of aliphatic hydroxyl groups is 1. The van der Waals surface area contributed by atoms with Crippen molar-refractivity contribution in [3.8, 4) is 5.75 Å². The van der Waals surface area contributed by atoms with Crippen LogP contribution in [0, 0.1) is 20.8 Å². The summed E-state index contributed by atoms with van der Waals surface area (Å²) in [6.07, 6.45) is -0.817. The molecule has 0 aliphatic heterocycles. The normalized spacial score (nSPS) is 12.3. The number of hydrogen-bond donors (Lipinski definition) is 1. The van der Waals surface area contributed by atoms with E-state index in [0.717, 1.165) is 16.6 Å². The maximum Gasteiger partial charge on any atom is 0.336 e. The number of ketones is 1. The van der Waals surface area contributed by atoms with Gasteiger partial charge >= 0.3 is 5.63 Å². The van der Waals surface area contributed by atoms with Gasteiger partial charge in [-0.15, -0.1) is 0 Å². The Bertz CT molecular complexity index is 1060. The van der Waals surface area contributed by atoms with Gasteiger partial charge in [0.2, 0.25) is 0 Å². The number of hydrogen-bond acceptors (Lipinski definition) is 6. The second-order valence-electron chi connectivity index (χ2n) is 6.66. The molecule has 27 heavy (non-hydrogen) atoms. The Morgan fingerprint density at radius 3 is 2.70 bits per heavy atom. The van der Waals surface area contributed by atoms with Crippen LogP contribution in [0.3, 0.4) is 0 Å². The van der Waals surface area contributed by atoms with Crippen LogP contribution in [-0.4, -0.2) is 33.4 Å². The number of carbonyl (C=O) groups is 1. The largest absolute Gasteiger partial charge is 0.491 e. The van der Waals surface area contributed by atoms with E-state index in [-0.39, 0.29) is 18.9 Å². The summed E-state index contributed by atoms with van der Waals surface area (Å²) >= 11 is 0. The first-order valence-corrected chi connectivity index (χ1v) is 8.66. The van der Waals surface area contributed by atoms with Crippen LogP contribution in [0.5, 0.6) is 5.75 Å². The van der Waals surface area contributed by atoms with Crippen molar-refractivity contribution in [3.05, 3.63) is 57.2 Å². The van der Waals surface area contributed by atoms with E-state index in [0.29, 0.717) is 22.6 Å². The van der Waals surface area contributed by atoms with Crippen LogP contribution in [0.1, 0.15) is 34.2 Å². The van der Waals surface area contributed by atoms with Crippen LogP contribution in [0.15, 0.2) is 33.5 Å². The zero-order valence-electron chi connectivity index (χ0n) is 15.8. The molecule has 1 N–H and O–H groups in total. The summed E-state index contributed by atoms with van der Waals surface area (Å²) in [4.78, 5) is 23.2.